The van der Waals surface area contributed by atoms with Crippen LogP contribution in [0.25, 0.3) is 0 Å². The molecule has 0 atom stereocenters. The maximum absolute atomic E-state index is 9.60. The van der Waals surface area contributed by atoms with Crippen molar-refractivity contribution in [2.45, 2.75) is 33.3 Å². The minimum atomic E-state index is -0.736. The quantitative estimate of drug-likeness (QED) is 0.429. The Morgan fingerprint density at radius 1 is 1.53 bits per heavy atom. The van der Waals surface area contributed by atoms with Crippen LogP contribution in [0.5, 0.6) is 0 Å². The molecule has 0 unspecified atom stereocenters. The third kappa shape index (κ3) is 6.91. The number of aliphatic hydroxyl groups is 1. The molecule has 86 valence electrons. The SMILES string of the molecule is C=C(C=CC)C(C)=NN(C)CC(C)(C)O. The van der Waals surface area contributed by atoms with Gasteiger partial charge < -0.3 is 5.11 Å². The van der Waals surface area contributed by atoms with Crippen LogP contribution in [0, 0.1) is 0 Å². The van der Waals surface area contributed by atoms with Crippen molar-refractivity contribution in [1.82, 2.24) is 5.01 Å². The lowest BCUT2D eigenvalue weighted by atomic mass is 10.1. The fourth-order valence-corrected chi connectivity index (χ4v) is 1.24. The number of hydrazone groups is 1. The molecule has 0 heterocycles. The van der Waals surface area contributed by atoms with Gasteiger partial charge in [0.05, 0.1) is 17.9 Å². The molecule has 0 saturated carbocycles. The fraction of sp³-hybridized carbons (Fsp3) is 0.583. The summed E-state index contributed by atoms with van der Waals surface area (Å²) < 4.78 is 0. The van der Waals surface area contributed by atoms with Crippen molar-refractivity contribution in [1.29, 1.82) is 0 Å². The first kappa shape index (κ1) is 13.9. The van der Waals surface area contributed by atoms with Gasteiger partial charge in [-0.25, -0.2) is 0 Å². The number of allylic oxidation sites excluding steroid dienone is 3. The average molecular weight is 210 g/mol. The van der Waals surface area contributed by atoms with Crippen molar-refractivity contribution in [3.63, 3.8) is 0 Å². The molecule has 1 N–H and O–H groups in total. The summed E-state index contributed by atoms with van der Waals surface area (Å²) in [4.78, 5) is 0. The van der Waals surface area contributed by atoms with Gasteiger partial charge in [-0.3, -0.25) is 5.01 Å². The molecule has 0 radical (unpaired) electrons. The third-order valence-electron chi connectivity index (χ3n) is 1.77. The standard InChI is InChI=1S/C12H22N2O/c1-7-8-10(2)11(3)13-14(6)9-12(4,5)15/h7-8,15H,2,9H2,1,3-6H3. The largest absolute Gasteiger partial charge is 0.389 e. The van der Waals surface area contributed by atoms with Crippen LogP contribution in [0.3, 0.4) is 0 Å². The highest BCUT2D eigenvalue weighted by Crippen LogP contribution is 2.05. The van der Waals surface area contributed by atoms with Crippen LogP contribution in [0.15, 0.2) is 29.4 Å². The van der Waals surface area contributed by atoms with Crippen molar-refractivity contribution < 1.29 is 5.11 Å². The van der Waals surface area contributed by atoms with E-state index in [-0.39, 0.29) is 0 Å². The minimum Gasteiger partial charge on any atom is -0.389 e. The molecule has 15 heavy (non-hydrogen) atoms. The summed E-state index contributed by atoms with van der Waals surface area (Å²) >= 11 is 0. The molecule has 0 aromatic carbocycles. The maximum atomic E-state index is 9.60. The summed E-state index contributed by atoms with van der Waals surface area (Å²) in [6.07, 6.45) is 3.84. The molecule has 0 rings (SSSR count). The second kappa shape index (κ2) is 5.71. The smallest absolute Gasteiger partial charge is 0.0782 e. The highest BCUT2D eigenvalue weighted by molar-refractivity contribution is 5.99. The lowest BCUT2D eigenvalue weighted by Gasteiger charge is -2.23. The van der Waals surface area contributed by atoms with Gasteiger partial charge in [0.1, 0.15) is 0 Å². The molecule has 0 aromatic rings. The molecule has 0 aromatic heterocycles. The van der Waals surface area contributed by atoms with E-state index < -0.39 is 5.60 Å². The Balaban J connectivity index is 4.42. The van der Waals surface area contributed by atoms with E-state index in [9.17, 15) is 5.11 Å². The Hall–Kier alpha value is -1.09. The average Bonchev–Trinajstić information content (AvgIpc) is 2.00. The lowest BCUT2D eigenvalue weighted by Crippen LogP contribution is -2.34. The van der Waals surface area contributed by atoms with Gasteiger partial charge in [-0.15, -0.1) is 0 Å². The van der Waals surface area contributed by atoms with Crippen LogP contribution in [0.4, 0.5) is 0 Å². The molecule has 3 heteroatoms. The summed E-state index contributed by atoms with van der Waals surface area (Å²) in [5.74, 6) is 0. The zero-order valence-electron chi connectivity index (χ0n) is 10.4. The zero-order valence-corrected chi connectivity index (χ0v) is 10.4. The second-order valence-electron chi connectivity index (χ2n) is 4.34. The van der Waals surface area contributed by atoms with Crippen molar-refractivity contribution >= 4 is 5.71 Å². The summed E-state index contributed by atoms with van der Waals surface area (Å²) in [6.45, 7) is 11.7. The van der Waals surface area contributed by atoms with Gasteiger partial charge in [0.25, 0.3) is 0 Å². The van der Waals surface area contributed by atoms with Crippen molar-refractivity contribution in [2.24, 2.45) is 5.10 Å². The molecule has 0 bridgehead atoms. The topological polar surface area (TPSA) is 35.8 Å². The van der Waals surface area contributed by atoms with Crippen molar-refractivity contribution in [2.75, 3.05) is 13.6 Å². The monoisotopic (exact) mass is 210 g/mol. The Morgan fingerprint density at radius 2 is 2.07 bits per heavy atom. The van der Waals surface area contributed by atoms with Gasteiger partial charge in [-0.05, 0) is 33.3 Å². The van der Waals surface area contributed by atoms with Crippen LogP contribution in [-0.4, -0.2) is 35.0 Å². The van der Waals surface area contributed by atoms with Crippen LogP contribution in [-0.2, 0) is 0 Å². The number of hydrogen-bond acceptors (Lipinski definition) is 3. The first-order valence-electron chi connectivity index (χ1n) is 5.07. The van der Waals surface area contributed by atoms with Gasteiger partial charge in [-0.2, -0.15) is 5.10 Å². The molecule has 0 aliphatic carbocycles. The Labute approximate surface area is 92.8 Å². The number of rotatable bonds is 5. The molecular formula is C12H22N2O. The van der Waals surface area contributed by atoms with Gasteiger partial charge in [0, 0.05) is 7.05 Å². The molecule has 0 saturated heterocycles. The summed E-state index contributed by atoms with van der Waals surface area (Å²) in [5.41, 5.74) is 1.01. The first-order chi connectivity index (χ1) is 6.76. The molecule has 3 nitrogen and oxygen atoms in total. The molecule has 0 aliphatic heterocycles. The zero-order chi connectivity index (χ0) is 12.1. The molecule has 0 spiro atoms. The number of nitrogens with zero attached hydrogens (tertiary/aromatic N) is 2. The van der Waals surface area contributed by atoms with E-state index in [1.54, 1.807) is 18.9 Å². The highest BCUT2D eigenvalue weighted by Gasteiger charge is 2.14. The summed E-state index contributed by atoms with van der Waals surface area (Å²) in [7, 11) is 1.84. The minimum absolute atomic E-state index is 0.494. The van der Waals surface area contributed by atoms with E-state index in [1.165, 1.54) is 0 Å². The van der Waals surface area contributed by atoms with Gasteiger partial charge >= 0.3 is 0 Å². The predicted molar refractivity (Wildman–Crippen MR) is 66.0 cm³/mol. The predicted octanol–water partition coefficient (Wildman–Crippen LogP) is 2.20. The Morgan fingerprint density at radius 3 is 2.47 bits per heavy atom. The molecule has 0 fully saturated rings. The first-order valence-corrected chi connectivity index (χ1v) is 5.07. The number of hydrogen-bond donors (Lipinski definition) is 1. The van der Waals surface area contributed by atoms with E-state index in [4.69, 9.17) is 0 Å². The Kier molecular flexibility index (Phi) is 5.29. The molecular weight excluding hydrogens is 188 g/mol. The van der Waals surface area contributed by atoms with E-state index >= 15 is 0 Å². The maximum Gasteiger partial charge on any atom is 0.0782 e. The number of likely N-dealkylation sites (N-methyl/N-ethyl adjacent to an activating group) is 1. The van der Waals surface area contributed by atoms with Gasteiger partial charge in [0.2, 0.25) is 0 Å². The summed E-state index contributed by atoms with van der Waals surface area (Å²) in [6, 6.07) is 0. The normalized spacial score (nSPS) is 13.3. The van der Waals surface area contributed by atoms with E-state index in [0.717, 1.165) is 11.3 Å². The fourth-order valence-electron chi connectivity index (χ4n) is 1.24. The lowest BCUT2D eigenvalue weighted by molar-refractivity contribution is 0.0456. The van der Waals surface area contributed by atoms with E-state index in [2.05, 4.69) is 11.7 Å². The second-order valence-corrected chi connectivity index (χ2v) is 4.34. The molecule has 0 amide bonds. The third-order valence-corrected chi connectivity index (χ3v) is 1.77. The van der Waals surface area contributed by atoms with Crippen molar-refractivity contribution in [3.8, 4) is 0 Å². The van der Waals surface area contributed by atoms with Crippen LogP contribution >= 0.6 is 0 Å². The Bertz CT molecular complexity index is 272. The van der Waals surface area contributed by atoms with Crippen molar-refractivity contribution in [3.05, 3.63) is 24.3 Å². The summed E-state index contributed by atoms with van der Waals surface area (Å²) in [5, 5.41) is 15.6. The highest BCUT2D eigenvalue weighted by atomic mass is 16.3. The van der Waals surface area contributed by atoms with E-state index in [0.29, 0.717) is 6.54 Å². The molecule has 0 aliphatic rings. The van der Waals surface area contributed by atoms with E-state index in [1.807, 2.05) is 33.0 Å². The van der Waals surface area contributed by atoms with Crippen LogP contribution in [0.1, 0.15) is 27.7 Å². The van der Waals surface area contributed by atoms with Crippen LogP contribution in [0.2, 0.25) is 0 Å². The van der Waals surface area contributed by atoms with Gasteiger partial charge in [0.15, 0.2) is 0 Å². The van der Waals surface area contributed by atoms with Gasteiger partial charge in [-0.1, -0.05) is 18.7 Å². The van der Waals surface area contributed by atoms with Crippen LogP contribution < -0.4 is 0 Å².